The average Bonchev–Trinajstić information content (AvgIpc) is 3.32. The molecule has 3 aromatic carbocycles. The van der Waals surface area contributed by atoms with Crippen LogP contribution < -0.4 is 10.1 Å². The number of hydrogen-bond donors (Lipinski definition) is 1. The minimum Gasteiger partial charge on any atom is -0.497 e. The Morgan fingerprint density at radius 2 is 1.78 bits per heavy atom. The van der Waals surface area contributed by atoms with Gasteiger partial charge in [0.1, 0.15) is 11.8 Å². The van der Waals surface area contributed by atoms with E-state index in [0.29, 0.717) is 37.5 Å². The van der Waals surface area contributed by atoms with Gasteiger partial charge in [-0.1, -0.05) is 54.1 Å². The van der Waals surface area contributed by atoms with Gasteiger partial charge in [-0.3, -0.25) is 19.8 Å². The quantitative estimate of drug-likeness (QED) is 0.220. The molecule has 8 nitrogen and oxygen atoms in total. The van der Waals surface area contributed by atoms with Gasteiger partial charge < -0.3 is 14.8 Å². The standard InChI is InChI=1S/C28H30ClN3O5/c1-36-25-12-8-21(9-13-25)17-30-23-16-27(31(19-23)18-22-4-2-3-5-26(22)29)28(33)37-15-14-20-6-10-24(11-7-20)32(34)35/h2-13,23,27,30H,14-19H2,1H3/t23-,27-/m0/s1. The molecule has 0 amide bonds. The van der Waals surface area contributed by atoms with Crippen molar-refractivity contribution >= 4 is 23.3 Å². The topological polar surface area (TPSA) is 93.9 Å². The zero-order valence-electron chi connectivity index (χ0n) is 20.6. The summed E-state index contributed by atoms with van der Waals surface area (Å²) >= 11 is 6.40. The molecule has 1 fully saturated rings. The van der Waals surface area contributed by atoms with Gasteiger partial charge in [0, 0.05) is 49.3 Å². The first-order valence-electron chi connectivity index (χ1n) is 12.2. The fraction of sp³-hybridized carbons (Fsp3) is 0.321. The van der Waals surface area contributed by atoms with Crippen LogP contribution in [0.1, 0.15) is 23.1 Å². The number of nitro groups is 1. The summed E-state index contributed by atoms with van der Waals surface area (Å²) in [6.45, 7) is 2.11. The highest BCUT2D eigenvalue weighted by Crippen LogP contribution is 2.25. The van der Waals surface area contributed by atoms with Crippen LogP contribution in [0.25, 0.3) is 0 Å². The van der Waals surface area contributed by atoms with Gasteiger partial charge >= 0.3 is 5.97 Å². The lowest BCUT2D eigenvalue weighted by Crippen LogP contribution is -2.37. The molecular weight excluding hydrogens is 494 g/mol. The number of nitro benzene ring substituents is 1. The molecule has 0 bridgehead atoms. The zero-order chi connectivity index (χ0) is 26.2. The second kappa shape index (κ2) is 12.7. The number of carbonyl (C=O) groups excluding carboxylic acids is 1. The van der Waals surface area contributed by atoms with Crippen LogP contribution in [-0.2, 0) is 29.0 Å². The van der Waals surface area contributed by atoms with Crippen LogP contribution in [0, 0.1) is 10.1 Å². The number of nitrogens with zero attached hydrogens (tertiary/aromatic N) is 2. The van der Waals surface area contributed by atoms with Crippen molar-refractivity contribution in [3.63, 3.8) is 0 Å². The molecule has 0 unspecified atom stereocenters. The summed E-state index contributed by atoms with van der Waals surface area (Å²) in [5, 5.41) is 15.1. The van der Waals surface area contributed by atoms with E-state index in [9.17, 15) is 14.9 Å². The van der Waals surface area contributed by atoms with Crippen molar-refractivity contribution in [1.29, 1.82) is 0 Å². The van der Waals surface area contributed by atoms with Crippen molar-refractivity contribution < 1.29 is 19.2 Å². The summed E-state index contributed by atoms with van der Waals surface area (Å²) in [7, 11) is 1.64. The second-order valence-electron chi connectivity index (χ2n) is 9.04. The lowest BCUT2D eigenvalue weighted by molar-refractivity contribution is -0.384. The maximum Gasteiger partial charge on any atom is 0.323 e. The van der Waals surface area contributed by atoms with Gasteiger partial charge in [-0.2, -0.15) is 0 Å². The molecule has 3 aromatic rings. The van der Waals surface area contributed by atoms with E-state index in [4.69, 9.17) is 21.1 Å². The highest BCUT2D eigenvalue weighted by molar-refractivity contribution is 6.31. The number of carbonyl (C=O) groups is 1. The largest absolute Gasteiger partial charge is 0.497 e. The van der Waals surface area contributed by atoms with Gasteiger partial charge in [0.25, 0.3) is 5.69 Å². The SMILES string of the molecule is COc1ccc(CN[C@H]2C[C@@H](C(=O)OCCc3ccc([N+](=O)[O-])cc3)N(Cc3ccccc3Cl)C2)cc1. The van der Waals surface area contributed by atoms with E-state index in [-0.39, 0.29) is 24.3 Å². The van der Waals surface area contributed by atoms with E-state index < -0.39 is 11.0 Å². The molecule has 1 aliphatic heterocycles. The molecule has 1 saturated heterocycles. The third-order valence-corrected chi connectivity index (χ3v) is 6.91. The Kier molecular flexibility index (Phi) is 9.11. The first kappa shape index (κ1) is 26.6. The van der Waals surface area contributed by atoms with E-state index in [0.717, 1.165) is 22.4 Å². The summed E-state index contributed by atoms with van der Waals surface area (Å²) in [6.07, 6.45) is 1.11. The Morgan fingerprint density at radius 3 is 2.46 bits per heavy atom. The van der Waals surface area contributed by atoms with Crippen molar-refractivity contribution in [2.75, 3.05) is 20.3 Å². The third-order valence-electron chi connectivity index (χ3n) is 6.54. The van der Waals surface area contributed by atoms with E-state index >= 15 is 0 Å². The monoisotopic (exact) mass is 523 g/mol. The lowest BCUT2D eigenvalue weighted by Gasteiger charge is -2.23. The number of benzene rings is 3. The molecule has 37 heavy (non-hydrogen) atoms. The molecule has 0 aliphatic carbocycles. The number of methoxy groups -OCH3 is 1. The highest BCUT2D eigenvalue weighted by atomic mass is 35.5. The van der Waals surface area contributed by atoms with Gasteiger partial charge in [0.15, 0.2) is 0 Å². The van der Waals surface area contributed by atoms with Crippen LogP contribution in [0.5, 0.6) is 5.75 Å². The maximum atomic E-state index is 13.1. The van der Waals surface area contributed by atoms with E-state index in [1.165, 1.54) is 12.1 Å². The first-order chi connectivity index (χ1) is 17.9. The number of halogens is 1. The van der Waals surface area contributed by atoms with E-state index in [1.807, 2.05) is 48.5 Å². The molecule has 0 radical (unpaired) electrons. The Bertz CT molecular complexity index is 1200. The summed E-state index contributed by atoms with van der Waals surface area (Å²) in [4.78, 5) is 25.6. The number of hydrogen-bond acceptors (Lipinski definition) is 7. The van der Waals surface area contributed by atoms with Crippen molar-refractivity contribution in [2.45, 2.75) is 38.0 Å². The molecule has 2 atom stereocenters. The second-order valence-corrected chi connectivity index (χ2v) is 9.45. The number of ether oxygens (including phenoxy) is 2. The molecule has 1 heterocycles. The van der Waals surface area contributed by atoms with Crippen LogP contribution in [0.15, 0.2) is 72.8 Å². The van der Waals surface area contributed by atoms with Crippen LogP contribution in [0.3, 0.4) is 0 Å². The van der Waals surface area contributed by atoms with E-state index in [2.05, 4.69) is 10.2 Å². The fourth-order valence-corrected chi connectivity index (χ4v) is 4.67. The number of rotatable bonds is 11. The minimum absolute atomic E-state index is 0.0371. The fourth-order valence-electron chi connectivity index (χ4n) is 4.47. The molecule has 0 aromatic heterocycles. The Hall–Kier alpha value is -3.46. The molecule has 1 N–H and O–H groups in total. The molecule has 1 aliphatic rings. The normalized spacial score (nSPS) is 17.5. The van der Waals surface area contributed by atoms with Gasteiger partial charge in [-0.15, -0.1) is 0 Å². The van der Waals surface area contributed by atoms with Crippen LogP contribution in [0.2, 0.25) is 5.02 Å². The van der Waals surface area contributed by atoms with Gasteiger partial charge in [0.2, 0.25) is 0 Å². The summed E-state index contributed by atoms with van der Waals surface area (Å²) in [5.41, 5.74) is 3.00. The number of non-ortho nitro benzene ring substituents is 1. The third kappa shape index (κ3) is 7.29. The Morgan fingerprint density at radius 1 is 1.08 bits per heavy atom. The molecule has 194 valence electrons. The molecule has 9 heteroatoms. The van der Waals surface area contributed by atoms with E-state index in [1.54, 1.807) is 19.2 Å². The zero-order valence-corrected chi connectivity index (χ0v) is 21.4. The average molecular weight is 524 g/mol. The molecule has 4 rings (SSSR count). The highest BCUT2D eigenvalue weighted by Gasteiger charge is 2.37. The van der Waals surface area contributed by atoms with Crippen LogP contribution in [0.4, 0.5) is 5.69 Å². The molecular formula is C28H30ClN3O5. The van der Waals surface area contributed by atoms with Crippen molar-refractivity contribution in [1.82, 2.24) is 10.2 Å². The van der Waals surface area contributed by atoms with Gasteiger partial charge in [-0.05, 0) is 41.3 Å². The maximum absolute atomic E-state index is 13.1. The lowest BCUT2D eigenvalue weighted by atomic mass is 10.1. The number of nitrogens with one attached hydrogen (secondary N) is 1. The first-order valence-corrected chi connectivity index (χ1v) is 12.5. The van der Waals surface area contributed by atoms with Crippen molar-refractivity contribution in [2.24, 2.45) is 0 Å². The smallest absolute Gasteiger partial charge is 0.323 e. The van der Waals surface area contributed by atoms with Crippen LogP contribution >= 0.6 is 11.6 Å². The number of esters is 1. The number of likely N-dealkylation sites (tertiary alicyclic amines) is 1. The minimum atomic E-state index is -0.434. The van der Waals surface area contributed by atoms with Crippen molar-refractivity contribution in [3.05, 3.63) is 105 Å². The predicted octanol–water partition coefficient (Wildman–Crippen LogP) is 4.78. The Labute approximate surface area is 221 Å². The summed E-state index contributed by atoms with van der Waals surface area (Å²) < 4.78 is 10.9. The summed E-state index contributed by atoms with van der Waals surface area (Å²) in [6, 6.07) is 21.5. The molecule has 0 saturated carbocycles. The van der Waals surface area contributed by atoms with Crippen molar-refractivity contribution in [3.8, 4) is 5.75 Å². The summed E-state index contributed by atoms with van der Waals surface area (Å²) in [5.74, 6) is 0.537. The van der Waals surface area contributed by atoms with Gasteiger partial charge in [0.05, 0.1) is 18.6 Å². The molecule has 0 spiro atoms. The predicted molar refractivity (Wildman–Crippen MR) is 142 cm³/mol. The van der Waals surface area contributed by atoms with Gasteiger partial charge in [-0.25, -0.2) is 0 Å². The van der Waals surface area contributed by atoms with Crippen LogP contribution in [-0.4, -0.2) is 48.1 Å². The Balaban J connectivity index is 1.37.